The van der Waals surface area contributed by atoms with Crippen LogP contribution in [0.1, 0.15) is 5.69 Å². The number of carbonyl (C=O) groups is 2. The summed E-state index contributed by atoms with van der Waals surface area (Å²) >= 11 is 0. The van der Waals surface area contributed by atoms with Crippen molar-refractivity contribution >= 4 is 23.3 Å². The lowest BCUT2D eigenvalue weighted by molar-refractivity contribution is -0.135. The van der Waals surface area contributed by atoms with Crippen molar-refractivity contribution in [2.45, 2.75) is 31.1 Å². The van der Waals surface area contributed by atoms with Gasteiger partial charge in [0.05, 0.1) is 13.2 Å². The summed E-state index contributed by atoms with van der Waals surface area (Å²) in [5, 5.41) is 33.5. The zero-order chi connectivity index (χ0) is 20.3. The van der Waals surface area contributed by atoms with Gasteiger partial charge < -0.3 is 29.5 Å². The van der Waals surface area contributed by atoms with E-state index in [4.69, 9.17) is 14.4 Å². The van der Waals surface area contributed by atoms with Crippen molar-refractivity contribution in [3.05, 3.63) is 42.2 Å². The van der Waals surface area contributed by atoms with E-state index in [9.17, 15) is 19.8 Å². The third-order valence-electron chi connectivity index (χ3n) is 4.55. The predicted octanol–water partition coefficient (Wildman–Crippen LogP) is -0.803. The zero-order valence-electron chi connectivity index (χ0n) is 15.1. The molecule has 1 saturated heterocycles. The van der Waals surface area contributed by atoms with Crippen LogP contribution in [0.2, 0.25) is 0 Å². The summed E-state index contributed by atoms with van der Waals surface area (Å²) in [6, 6.07) is 7.09. The van der Waals surface area contributed by atoms with Crippen LogP contribution >= 0.6 is 0 Å². The molecule has 10 nitrogen and oxygen atoms in total. The maximum atomic E-state index is 12.4. The van der Waals surface area contributed by atoms with Crippen molar-refractivity contribution in [2.24, 2.45) is 0 Å². The van der Waals surface area contributed by atoms with Gasteiger partial charge in [0.2, 0.25) is 6.41 Å². The molecule has 1 aromatic carbocycles. The quantitative estimate of drug-likeness (QED) is 0.409. The van der Waals surface area contributed by atoms with Gasteiger partial charge in [-0.05, 0) is 12.1 Å². The average Bonchev–Trinajstić information content (AvgIpc) is 3.25. The van der Waals surface area contributed by atoms with E-state index in [1.54, 1.807) is 24.3 Å². The molecule has 150 valence electrons. The Balaban J connectivity index is 1.66. The molecule has 28 heavy (non-hydrogen) atoms. The number of ether oxygens (including phenoxy) is 1. The fourth-order valence-electron chi connectivity index (χ4n) is 2.96. The van der Waals surface area contributed by atoms with E-state index in [1.165, 1.54) is 18.1 Å². The van der Waals surface area contributed by atoms with Gasteiger partial charge in [-0.1, -0.05) is 17.3 Å². The lowest BCUT2D eigenvalue weighted by atomic mass is 10.1. The summed E-state index contributed by atoms with van der Waals surface area (Å²) in [6.45, 7) is -0.517. The third-order valence-corrected chi connectivity index (χ3v) is 4.55. The van der Waals surface area contributed by atoms with Gasteiger partial charge in [0, 0.05) is 24.7 Å². The highest BCUT2D eigenvalue weighted by Gasteiger charge is 2.43. The van der Waals surface area contributed by atoms with Crippen LogP contribution in [-0.2, 0) is 20.9 Å². The summed E-state index contributed by atoms with van der Waals surface area (Å²) < 4.78 is 10.5. The molecule has 2 heterocycles. The number of hydrogen-bond acceptors (Lipinski definition) is 9. The van der Waals surface area contributed by atoms with Crippen molar-refractivity contribution < 1.29 is 34.2 Å². The first-order chi connectivity index (χ1) is 13.5. The minimum Gasteiger partial charge on any atom is -0.394 e. The minimum absolute atomic E-state index is 0.0682. The number of likely N-dealkylation sites (N-methyl/N-ethyl adjacent to an activating group) is 1. The van der Waals surface area contributed by atoms with Crippen LogP contribution in [0.5, 0.6) is 0 Å². The Kier molecular flexibility index (Phi) is 6.05. The Morgan fingerprint density at radius 3 is 2.71 bits per heavy atom. The number of aromatic nitrogens is 1. The molecule has 1 fully saturated rings. The molecule has 4 unspecified atom stereocenters. The summed E-state index contributed by atoms with van der Waals surface area (Å²) in [5.41, 5.74) is 0.997. The first-order valence-corrected chi connectivity index (χ1v) is 8.58. The van der Waals surface area contributed by atoms with E-state index in [-0.39, 0.29) is 6.54 Å². The zero-order valence-corrected chi connectivity index (χ0v) is 15.1. The van der Waals surface area contributed by atoms with E-state index in [2.05, 4.69) is 5.16 Å². The van der Waals surface area contributed by atoms with E-state index < -0.39 is 37.1 Å². The van der Waals surface area contributed by atoms with Gasteiger partial charge in [-0.25, -0.2) is 0 Å². The standard InChI is InChI=1S/C18H21N3O7/c1-20(18-17(26)16(25)14(9-22)27-18)7-6-15(24)21(10-23)8-12-11-4-2-3-5-13(11)28-19-12/h2-7,10,14,16-18,22,25-26H,8-9H2,1H3/b7-6-. The molecule has 2 amide bonds. The number of rotatable bonds is 7. The second kappa shape index (κ2) is 8.48. The second-order valence-corrected chi connectivity index (χ2v) is 6.41. The largest absolute Gasteiger partial charge is 0.394 e. The predicted molar refractivity (Wildman–Crippen MR) is 95.3 cm³/mol. The smallest absolute Gasteiger partial charge is 0.254 e. The topological polar surface area (TPSA) is 137 Å². The third kappa shape index (κ3) is 3.90. The molecule has 1 aliphatic rings. The Hall–Kier alpha value is -2.79. The fourth-order valence-corrected chi connectivity index (χ4v) is 2.96. The van der Waals surface area contributed by atoms with Crippen LogP contribution in [0.15, 0.2) is 41.1 Å². The molecule has 3 rings (SSSR count). The van der Waals surface area contributed by atoms with Crippen molar-refractivity contribution in [3.63, 3.8) is 0 Å². The molecule has 1 aliphatic heterocycles. The molecule has 0 saturated carbocycles. The summed E-state index contributed by atoms with van der Waals surface area (Å²) in [4.78, 5) is 26.0. The van der Waals surface area contributed by atoms with Crippen LogP contribution < -0.4 is 0 Å². The normalized spacial score (nSPS) is 24.7. The van der Waals surface area contributed by atoms with Gasteiger partial charge in [0.15, 0.2) is 11.8 Å². The molecule has 4 atom stereocenters. The van der Waals surface area contributed by atoms with Crippen molar-refractivity contribution in [3.8, 4) is 0 Å². The molecular weight excluding hydrogens is 370 g/mol. The van der Waals surface area contributed by atoms with E-state index >= 15 is 0 Å². The number of imide groups is 1. The van der Waals surface area contributed by atoms with E-state index in [0.717, 1.165) is 11.0 Å². The highest BCUT2D eigenvalue weighted by molar-refractivity contribution is 5.94. The van der Waals surface area contributed by atoms with Gasteiger partial charge in [0.25, 0.3) is 5.91 Å². The average molecular weight is 391 g/mol. The van der Waals surface area contributed by atoms with Gasteiger partial charge >= 0.3 is 0 Å². The first-order valence-electron chi connectivity index (χ1n) is 8.58. The number of aliphatic hydroxyl groups is 3. The number of nitrogens with zero attached hydrogens (tertiary/aromatic N) is 3. The SMILES string of the molecule is CN(/C=C\C(=O)N(C=O)Cc1noc2ccccc12)C1OC(CO)C(O)C1O. The molecule has 0 aliphatic carbocycles. The number of para-hydroxylation sites is 1. The van der Waals surface area contributed by atoms with Crippen molar-refractivity contribution in [1.29, 1.82) is 0 Å². The summed E-state index contributed by atoms with van der Waals surface area (Å²) in [6.07, 6.45) is -1.52. The second-order valence-electron chi connectivity index (χ2n) is 6.41. The number of fused-ring (bicyclic) bond motifs is 1. The Morgan fingerprint density at radius 2 is 2.04 bits per heavy atom. The first kappa shape index (κ1) is 20.0. The lowest BCUT2D eigenvalue weighted by Crippen LogP contribution is -2.40. The fraction of sp³-hybridized carbons (Fsp3) is 0.389. The molecule has 2 aromatic rings. The number of benzene rings is 1. The molecule has 0 bridgehead atoms. The van der Waals surface area contributed by atoms with Crippen LogP contribution in [-0.4, -0.2) is 80.8 Å². The molecule has 0 spiro atoms. The monoisotopic (exact) mass is 391 g/mol. The minimum atomic E-state index is -1.26. The number of amides is 2. The maximum Gasteiger partial charge on any atom is 0.254 e. The lowest BCUT2D eigenvalue weighted by Gasteiger charge is -2.25. The molecule has 0 radical (unpaired) electrons. The van der Waals surface area contributed by atoms with Gasteiger partial charge in [-0.15, -0.1) is 0 Å². The van der Waals surface area contributed by atoms with Gasteiger partial charge in [0.1, 0.15) is 24.0 Å². The number of hydrogen-bond donors (Lipinski definition) is 3. The molecular formula is C18H21N3O7. The molecule has 10 heteroatoms. The Bertz CT molecular complexity index is 868. The van der Waals surface area contributed by atoms with E-state index in [0.29, 0.717) is 23.1 Å². The van der Waals surface area contributed by atoms with Crippen LogP contribution in [0.4, 0.5) is 0 Å². The van der Waals surface area contributed by atoms with Crippen molar-refractivity contribution in [2.75, 3.05) is 13.7 Å². The highest BCUT2D eigenvalue weighted by atomic mass is 16.6. The molecule has 3 N–H and O–H groups in total. The van der Waals surface area contributed by atoms with Crippen LogP contribution in [0, 0.1) is 0 Å². The van der Waals surface area contributed by atoms with Crippen LogP contribution in [0.3, 0.4) is 0 Å². The van der Waals surface area contributed by atoms with Gasteiger partial charge in [-0.3, -0.25) is 14.5 Å². The molecule has 1 aromatic heterocycles. The van der Waals surface area contributed by atoms with E-state index in [1.807, 2.05) is 0 Å². The Morgan fingerprint density at radius 1 is 1.29 bits per heavy atom. The Labute approximate surface area is 160 Å². The number of aliphatic hydroxyl groups excluding tert-OH is 3. The van der Waals surface area contributed by atoms with Crippen molar-refractivity contribution in [1.82, 2.24) is 15.0 Å². The maximum absolute atomic E-state index is 12.4. The summed E-state index contributed by atoms with van der Waals surface area (Å²) in [5.74, 6) is -0.610. The highest BCUT2D eigenvalue weighted by Crippen LogP contribution is 2.23. The number of carbonyl (C=O) groups excluding carboxylic acids is 2. The summed E-state index contributed by atoms with van der Waals surface area (Å²) in [7, 11) is 1.53. The van der Waals surface area contributed by atoms with Gasteiger partial charge in [-0.2, -0.15) is 0 Å². The van der Waals surface area contributed by atoms with Crippen LogP contribution in [0.25, 0.3) is 11.0 Å².